The van der Waals surface area contributed by atoms with Gasteiger partial charge in [-0.3, -0.25) is 10.2 Å². The van der Waals surface area contributed by atoms with Crippen molar-refractivity contribution < 1.29 is 4.79 Å². The third-order valence-electron chi connectivity index (χ3n) is 5.97. The molecule has 0 unspecified atom stereocenters. The van der Waals surface area contributed by atoms with Gasteiger partial charge in [0.05, 0.1) is 0 Å². The average Bonchev–Trinajstić information content (AvgIpc) is 3.22. The molecule has 5 rings (SSSR count). The van der Waals surface area contributed by atoms with Crippen LogP contribution in [-0.2, 0) is 6.42 Å². The Morgan fingerprint density at radius 1 is 0.844 bits per heavy atom. The Balaban J connectivity index is 1.38. The lowest BCUT2D eigenvalue weighted by Crippen LogP contribution is -2.26. The predicted octanol–water partition coefficient (Wildman–Crippen LogP) is 5.97. The quantitative estimate of drug-likeness (QED) is 0.279. The highest BCUT2D eigenvalue weighted by molar-refractivity contribution is 6.09. The molecule has 0 aromatic heterocycles. The van der Waals surface area contributed by atoms with Crippen LogP contribution >= 0.6 is 0 Å². The first-order chi connectivity index (χ1) is 15.6. The normalized spacial score (nSPS) is 11.4. The molecule has 4 heteroatoms. The molecule has 1 aliphatic carbocycles. The van der Waals surface area contributed by atoms with Gasteiger partial charge in [0.25, 0.3) is 5.91 Å². The van der Waals surface area contributed by atoms with Gasteiger partial charge in [-0.05, 0) is 52.9 Å². The van der Waals surface area contributed by atoms with E-state index in [2.05, 4.69) is 23.5 Å². The number of anilines is 2. The molecule has 0 aliphatic heterocycles. The van der Waals surface area contributed by atoms with Gasteiger partial charge in [0.15, 0.2) is 0 Å². The topological polar surface area (TPSA) is 56.2 Å². The van der Waals surface area contributed by atoms with E-state index in [1.807, 2.05) is 90.8 Å². The number of carbonyl (C=O) groups is 1. The molecule has 2 N–H and O–H groups in total. The van der Waals surface area contributed by atoms with Crippen molar-refractivity contribution in [2.45, 2.75) is 6.42 Å². The molecular formula is C28H23N3O. The summed E-state index contributed by atoms with van der Waals surface area (Å²) in [6.45, 7) is 0. The maximum absolute atomic E-state index is 13.2. The van der Waals surface area contributed by atoms with E-state index < -0.39 is 0 Å². The van der Waals surface area contributed by atoms with Crippen LogP contribution in [0.4, 0.5) is 11.4 Å². The second-order valence-electron chi connectivity index (χ2n) is 7.94. The highest BCUT2D eigenvalue weighted by atomic mass is 16.1. The van der Waals surface area contributed by atoms with E-state index in [-0.39, 0.29) is 5.91 Å². The molecular weight excluding hydrogens is 394 g/mol. The Hall–Kier alpha value is -4.18. The highest BCUT2D eigenvalue weighted by Crippen LogP contribution is 2.38. The zero-order chi connectivity index (χ0) is 22.1. The number of hydrogen-bond acceptors (Lipinski definition) is 2. The van der Waals surface area contributed by atoms with Crippen molar-refractivity contribution in [2.75, 3.05) is 17.3 Å². The van der Waals surface area contributed by atoms with Gasteiger partial charge in [-0.15, -0.1) is 0 Å². The molecule has 0 bridgehead atoms. The van der Waals surface area contributed by atoms with Crippen molar-refractivity contribution in [3.8, 4) is 11.1 Å². The number of carbonyl (C=O) groups excluding carboxylic acids is 1. The van der Waals surface area contributed by atoms with Crippen molar-refractivity contribution >= 4 is 23.1 Å². The van der Waals surface area contributed by atoms with Crippen LogP contribution in [0.25, 0.3) is 11.1 Å². The molecule has 32 heavy (non-hydrogen) atoms. The summed E-state index contributed by atoms with van der Waals surface area (Å²) >= 11 is 0. The second kappa shape index (κ2) is 8.16. The number of fused-ring (bicyclic) bond motifs is 3. The summed E-state index contributed by atoms with van der Waals surface area (Å²) in [5.74, 6) is 0.278. The van der Waals surface area contributed by atoms with Crippen LogP contribution in [0.5, 0.6) is 0 Å². The van der Waals surface area contributed by atoms with Crippen LogP contribution in [0.15, 0.2) is 97.1 Å². The van der Waals surface area contributed by atoms with Crippen molar-refractivity contribution in [1.82, 2.24) is 0 Å². The zero-order valence-electron chi connectivity index (χ0n) is 17.8. The van der Waals surface area contributed by atoms with Gasteiger partial charge in [0, 0.05) is 29.5 Å². The maximum atomic E-state index is 13.2. The number of benzene rings is 4. The lowest BCUT2D eigenvalue weighted by atomic mass is 10.0. The molecule has 156 valence electrons. The zero-order valence-corrected chi connectivity index (χ0v) is 17.8. The van der Waals surface area contributed by atoms with Gasteiger partial charge in [0.1, 0.15) is 5.84 Å². The number of nitrogens with zero attached hydrogens (tertiary/aromatic N) is 1. The fraction of sp³-hybridized carbons (Fsp3) is 0.0714. The smallest absolute Gasteiger partial charge is 0.255 e. The van der Waals surface area contributed by atoms with Crippen molar-refractivity contribution in [3.63, 3.8) is 0 Å². The maximum Gasteiger partial charge on any atom is 0.255 e. The standard InChI is InChI=1S/C28H23N3O/c1-31(27(29)19-9-3-2-4-10-19)22-13-7-12-21(18-22)30-28(32)25-16-8-15-24-23-14-6-5-11-20(23)17-26(24)25/h2-16,18,29H,17H2,1H3,(H,30,32). The summed E-state index contributed by atoms with van der Waals surface area (Å²) in [6, 6.07) is 31.4. The average molecular weight is 418 g/mol. The van der Waals surface area contributed by atoms with Gasteiger partial charge in [-0.25, -0.2) is 0 Å². The molecule has 4 aromatic carbocycles. The van der Waals surface area contributed by atoms with E-state index in [4.69, 9.17) is 5.41 Å². The van der Waals surface area contributed by atoms with Gasteiger partial charge < -0.3 is 10.2 Å². The summed E-state index contributed by atoms with van der Waals surface area (Å²) in [6.07, 6.45) is 0.770. The van der Waals surface area contributed by atoms with E-state index in [9.17, 15) is 4.79 Å². The minimum absolute atomic E-state index is 0.118. The van der Waals surface area contributed by atoms with E-state index in [1.54, 1.807) is 0 Å². The first-order valence-electron chi connectivity index (χ1n) is 10.6. The monoisotopic (exact) mass is 417 g/mol. The van der Waals surface area contributed by atoms with Crippen LogP contribution in [0.1, 0.15) is 27.0 Å². The Morgan fingerprint density at radius 2 is 1.56 bits per heavy atom. The van der Waals surface area contributed by atoms with Crippen LogP contribution < -0.4 is 10.2 Å². The van der Waals surface area contributed by atoms with Crippen molar-refractivity contribution in [2.24, 2.45) is 0 Å². The number of rotatable bonds is 4. The summed E-state index contributed by atoms with van der Waals surface area (Å²) in [7, 11) is 1.86. The summed E-state index contributed by atoms with van der Waals surface area (Å²) in [5, 5.41) is 11.6. The Morgan fingerprint density at radius 3 is 2.41 bits per heavy atom. The van der Waals surface area contributed by atoms with Crippen molar-refractivity contribution in [3.05, 3.63) is 119 Å². The summed E-state index contributed by atoms with van der Waals surface area (Å²) in [5.41, 5.74) is 7.75. The molecule has 0 saturated heterocycles. The molecule has 0 atom stereocenters. The third kappa shape index (κ3) is 3.56. The highest BCUT2D eigenvalue weighted by Gasteiger charge is 2.23. The summed E-state index contributed by atoms with van der Waals surface area (Å²) < 4.78 is 0. The van der Waals surface area contributed by atoms with E-state index in [1.165, 1.54) is 11.1 Å². The Kier molecular flexibility index (Phi) is 5.04. The fourth-order valence-corrected chi connectivity index (χ4v) is 4.28. The van der Waals surface area contributed by atoms with Crippen LogP contribution in [-0.4, -0.2) is 18.8 Å². The van der Waals surface area contributed by atoms with Crippen LogP contribution in [0.3, 0.4) is 0 Å². The molecule has 0 saturated carbocycles. The molecule has 1 aliphatic rings. The van der Waals surface area contributed by atoms with Gasteiger partial charge in [0.2, 0.25) is 0 Å². The molecule has 1 amide bonds. The Bertz CT molecular complexity index is 1330. The van der Waals surface area contributed by atoms with Gasteiger partial charge in [-0.2, -0.15) is 0 Å². The Labute approximate surface area is 187 Å². The van der Waals surface area contributed by atoms with E-state index in [0.717, 1.165) is 28.8 Å². The first-order valence-corrected chi connectivity index (χ1v) is 10.6. The van der Waals surface area contributed by atoms with Crippen molar-refractivity contribution in [1.29, 1.82) is 5.41 Å². The SMILES string of the molecule is CN(C(=N)c1ccccc1)c1cccc(NC(=O)c2cccc3c2Cc2ccccc2-3)c1. The van der Waals surface area contributed by atoms with Crippen LogP contribution in [0.2, 0.25) is 0 Å². The largest absolute Gasteiger partial charge is 0.329 e. The fourth-order valence-electron chi connectivity index (χ4n) is 4.28. The predicted molar refractivity (Wildman–Crippen MR) is 131 cm³/mol. The second-order valence-corrected chi connectivity index (χ2v) is 7.94. The van der Waals surface area contributed by atoms with Gasteiger partial charge in [-0.1, -0.05) is 72.8 Å². The minimum atomic E-state index is -0.118. The molecule has 0 spiro atoms. The van der Waals surface area contributed by atoms with Crippen LogP contribution in [0, 0.1) is 5.41 Å². The molecule has 4 nitrogen and oxygen atoms in total. The lowest BCUT2D eigenvalue weighted by molar-refractivity contribution is 0.102. The molecule has 4 aromatic rings. The minimum Gasteiger partial charge on any atom is -0.329 e. The first kappa shape index (κ1) is 19.8. The lowest BCUT2D eigenvalue weighted by Gasteiger charge is -2.21. The number of hydrogen-bond donors (Lipinski definition) is 2. The number of amides is 1. The third-order valence-corrected chi connectivity index (χ3v) is 5.97. The molecule has 0 heterocycles. The van der Waals surface area contributed by atoms with Gasteiger partial charge >= 0.3 is 0 Å². The van der Waals surface area contributed by atoms with E-state index >= 15 is 0 Å². The number of amidine groups is 1. The molecule has 0 fully saturated rings. The molecule has 0 radical (unpaired) electrons. The van der Waals surface area contributed by atoms with E-state index in [0.29, 0.717) is 17.1 Å². The number of nitrogens with one attached hydrogen (secondary N) is 2. The summed E-state index contributed by atoms with van der Waals surface area (Å²) in [4.78, 5) is 15.0.